The van der Waals surface area contributed by atoms with E-state index in [4.69, 9.17) is 23.2 Å². The Morgan fingerprint density at radius 2 is 2.25 bits per heavy atom. The van der Waals surface area contributed by atoms with E-state index in [1.165, 1.54) is 0 Å². The van der Waals surface area contributed by atoms with Crippen molar-refractivity contribution < 1.29 is 0 Å². The van der Waals surface area contributed by atoms with E-state index in [1.807, 2.05) is 25.1 Å². The Bertz CT molecular complexity index is 466. The van der Waals surface area contributed by atoms with E-state index >= 15 is 0 Å². The highest BCUT2D eigenvalue weighted by molar-refractivity contribution is 6.30. The maximum atomic E-state index is 6.36. The maximum absolute atomic E-state index is 6.36. The lowest BCUT2D eigenvalue weighted by Gasteiger charge is -2.11. The number of benzene rings is 1. The molecule has 16 heavy (non-hydrogen) atoms. The van der Waals surface area contributed by atoms with Gasteiger partial charge in [-0.05, 0) is 30.2 Å². The number of hydrogen-bond donors (Lipinski definition) is 1. The van der Waals surface area contributed by atoms with Crippen molar-refractivity contribution in [2.75, 3.05) is 0 Å². The molecule has 0 bridgehead atoms. The van der Waals surface area contributed by atoms with E-state index in [2.05, 4.69) is 9.97 Å². The SMILES string of the molecule is Cc1ccc(Cl)cc1C(Cl)Cc1ncc[nH]1. The summed E-state index contributed by atoms with van der Waals surface area (Å²) in [5.41, 5.74) is 2.21. The van der Waals surface area contributed by atoms with Gasteiger partial charge in [0, 0.05) is 23.8 Å². The van der Waals surface area contributed by atoms with Crippen LogP contribution >= 0.6 is 23.2 Å². The maximum Gasteiger partial charge on any atom is 0.107 e. The van der Waals surface area contributed by atoms with Gasteiger partial charge in [-0.2, -0.15) is 0 Å². The monoisotopic (exact) mass is 254 g/mol. The first-order chi connectivity index (χ1) is 7.66. The molecule has 1 N–H and O–H groups in total. The van der Waals surface area contributed by atoms with Crippen LogP contribution in [0.1, 0.15) is 22.3 Å². The van der Waals surface area contributed by atoms with Crippen LogP contribution < -0.4 is 0 Å². The molecule has 2 nitrogen and oxygen atoms in total. The number of imidazole rings is 1. The minimum atomic E-state index is -0.107. The first-order valence-corrected chi connectivity index (χ1v) is 5.86. The molecule has 0 radical (unpaired) electrons. The number of rotatable bonds is 3. The molecule has 4 heteroatoms. The Morgan fingerprint density at radius 3 is 2.94 bits per heavy atom. The molecule has 0 aliphatic carbocycles. The van der Waals surface area contributed by atoms with Gasteiger partial charge in [-0.3, -0.25) is 0 Å². The van der Waals surface area contributed by atoms with Gasteiger partial charge in [-0.1, -0.05) is 17.7 Å². The summed E-state index contributed by atoms with van der Waals surface area (Å²) in [6.45, 7) is 2.03. The zero-order valence-electron chi connectivity index (χ0n) is 8.87. The lowest BCUT2D eigenvalue weighted by atomic mass is 10.0. The summed E-state index contributed by atoms with van der Waals surface area (Å²) in [5.74, 6) is 0.888. The smallest absolute Gasteiger partial charge is 0.107 e. The molecular formula is C12H12Cl2N2. The molecular weight excluding hydrogens is 243 g/mol. The highest BCUT2D eigenvalue weighted by Gasteiger charge is 2.13. The minimum absolute atomic E-state index is 0.107. The molecule has 1 aromatic heterocycles. The molecule has 1 unspecified atom stereocenters. The van der Waals surface area contributed by atoms with Crippen LogP contribution in [0.2, 0.25) is 5.02 Å². The first kappa shape index (κ1) is 11.5. The summed E-state index contributed by atoms with van der Waals surface area (Å²) >= 11 is 12.3. The number of aromatic nitrogens is 2. The van der Waals surface area contributed by atoms with E-state index in [-0.39, 0.29) is 5.38 Å². The van der Waals surface area contributed by atoms with Gasteiger partial charge in [0.05, 0.1) is 5.38 Å². The molecule has 0 aliphatic rings. The number of halogens is 2. The van der Waals surface area contributed by atoms with Crippen molar-refractivity contribution in [1.29, 1.82) is 0 Å². The average molecular weight is 255 g/mol. The van der Waals surface area contributed by atoms with Gasteiger partial charge in [-0.25, -0.2) is 4.98 Å². The van der Waals surface area contributed by atoms with Gasteiger partial charge < -0.3 is 4.98 Å². The van der Waals surface area contributed by atoms with Gasteiger partial charge in [0.15, 0.2) is 0 Å². The Morgan fingerprint density at radius 1 is 1.44 bits per heavy atom. The van der Waals surface area contributed by atoms with Crippen LogP contribution in [0, 0.1) is 6.92 Å². The fourth-order valence-electron chi connectivity index (χ4n) is 1.64. The largest absolute Gasteiger partial charge is 0.349 e. The molecule has 0 fully saturated rings. The summed E-state index contributed by atoms with van der Waals surface area (Å²) in [6.07, 6.45) is 4.20. The van der Waals surface area contributed by atoms with Crippen LogP contribution in [0.4, 0.5) is 0 Å². The Balaban J connectivity index is 2.20. The quantitative estimate of drug-likeness (QED) is 0.828. The van der Waals surface area contributed by atoms with E-state index in [0.29, 0.717) is 11.4 Å². The first-order valence-electron chi connectivity index (χ1n) is 5.05. The fraction of sp³-hybridized carbons (Fsp3) is 0.250. The second kappa shape index (κ2) is 4.89. The number of nitrogens with one attached hydrogen (secondary N) is 1. The second-order valence-electron chi connectivity index (χ2n) is 3.71. The summed E-state index contributed by atoms with van der Waals surface area (Å²) in [4.78, 5) is 7.20. The summed E-state index contributed by atoms with van der Waals surface area (Å²) in [7, 11) is 0. The number of hydrogen-bond acceptors (Lipinski definition) is 1. The zero-order chi connectivity index (χ0) is 11.5. The Labute approximate surface area is 105 Å². The van der Waals surface area contributed by atoms with Crippen LogP contribution in [0.5, 0.6) is 0 Å². The summed E-state index contributed by atoms with van der Waals surface area (Å²) < 4.78 is 0. The van der Waals surface area contributed by atoms with Crippen molar-refractivity contribution in [2.45, 2.75) is 18.7 Å². The van der Waals surface area contributed by atoms with Gasteiger partial charge >= 0.3 is 0 Å². The van der Waals surface area contributed by atoms with Gasteiger partial charge in [0.25, 0.3) is 0 Å². The van der Waals surface area contributed by atoms with E-state index < -0.39 is 0 Å². The number of nitrogens with zero attached hydrogens (tertiary/aromatic N) is 1. The highest BCUT2D eigenvalue weighted by atomic mass is 35.5. The van der Waals surface area contributed by atoms with E-state index in [9.17, 15) is 0 Å². The van der Waals surface area contributed by atoms with Gasteiger partial charge in [0.1, 0.15) is 5.82 Å². The number of aromatic amines is 1. The van der Waals surface area contributed by atoms with Crippen LogP contribution in [0.3, 0.4) is 0 Å². The third-order valence-electron chi connectivity index (χ3n) is 2.51. The van der Waals surface area contributed by atoms with Crippen LogP contribution in [0.25, 0.3) is 0 Å². The summed E-state index contributed by atoms with van der Waals surface area (Å²) in [6, 6.07) is 5.77. The van der Waals surface area contributed by atoms with Crippen molar-refractivity contribution in [1.82, 2.24) is 9.97 Å². The highest BCUT2D eigenvalue weighted by Crippen LogP contribution is 2.28. The van der Waals surface area contributed by atoms with E-state index in [1.54, 1.807) is 12.4 Å². The molecule has 0 aliphatic heterocycles. The van der Waals surface area contributed by atoms with Crippen LogP contribution in [-0.2, 0) is 6.42 Å². The summed E-state index contributed by atoms with van der Waals surface area (Å²) in [5, 5.41) is 0.607. The molecule has 0 amide bonds. The standard InChI is InChI=1S/C12H12Cl2N2/c1-8-2-3-9(13)6-10(8)11(14)7-12-15-4-5-16-12/h2-6,11H,7H2,1H3,(H,15,16). The van der Waals surface area contributed by atoms with Crippen molar-refractivity contribution in [3.63, 3.8) is 0 Å². The molecule has 2 rings (SSSR count). The van der Waals surface area contributed by atoms with Crippen molar-refractivity contribution >= 4 is 23.2 Å². The normalized spacial score (nSPS) is 12.7. The van der Waals surface area contributed by atoms with Crippen LogP contribution in [-0.4, -0.2) is 9.97 Å². The number of aryl methyl sites for hydroxylation is 1. The topological polar surface area (TPSA) is 28.7 Å². The van der Waals surface area contributed by atoms with Gasteiger partial charge in [-0.15, -0.1) is 11.6 Å². The average Bonchev–Trinajstić information content (AvgIpc) is 2.74. The molecule has 1 heterocycles. The molecule has 1 aromatic carbocycles. The molecule has 0 saturated heterocycles. The lowest BCUT2D eigenvalue weighted by Crippen LogP contribution is -2.00. The number of alkyl halides is 1. The molecule has 84 valence electrons. The van der Waals surface area contributed by atoms with Crippen LogP contribution in [0.15, 0.2) is 30.6 Å². The fourth-order valence-corrected chi connectivity index (χ4v) is 2.20. The predicted molar refractivity (Wildman–Crippen MR) is 67.1 cm³/mol. The third kappa shape index (κ3) is 2.57. The molecule has 1 atom stereocenters. The number of H-pyrrole nitrogens is 1. The molecule has 0 spiro atoms. The zero-order valence-corrected chi connectivity index (χ0v) is 10.4. The molecule has 2 aromatic rings. The molecule has 0 saturated carbocycles. The van der Waals surface area contributed by atoms with Crippen molar-refractivity contribution in [2.24, 2.45) is 0 Å². The van der Waals surface area contributed by atoms with Crippen molar-refractivity contribution in [3.8, 4) is 0 Å². The Hall–Kier alpha value is -0.990. The second-order valence-corrected chi connectivity index (χ2v) is 4.67. The van der Waals surface area contributed by atoms with Gasteiger partial charge in [0.2, 0.25) is 0 Å². The predicted octanol–water partition coefficient (Wildman–Crippen LogP) is 3.89. The third-order valence-corrected chi connectivity index (χ3v) is 3.13. The lowest BCUT2D eigenvalue weighted by molar-refractivity contribution is 0.849. The Kier molecular flexibility index (Phi) is 3.52. The van der Waals surface area contributed by atoms with E-state index in [0.717, 1.165) is 17.0 Å². The van der Waals surface area contributed by atoms with Crippen molar-refractivity contribution in [3.05, 3.63) is 52.6 Å². The minimum Gasteiger partial charge on any atom is -0.349 e.